The Morgan fingerprint density at radius 3 is 2.90 bits per heavy atom. The summed E-state index contributed by atoms with van der Waals surface area (Å²) >= 11 is 4.27. The van der Waals surface area contributed by atoms with Gasteiger partial charge in [-0.25, -0.2) is 0 Å². The minimum atomic E-state index is -2.29. The Morgan fingerprint density at radius 2 is 2.60 bits per heavy atom. The van der Waals surface area contributed by atoms with Gasteiger partial charge in [0.05, 0.1) is 5.16 Å². The Morgan fingerprint density at radius 1 is 2.00 bits per heavy atom. The molecule has 0 aromatic rings. The predicted molar refractivity (Wildman–Crippen MR) is 43.5 cm³/mol. The number of isothiocyanates is 1. The maximum Gasteiger partial charge on any atom is 0.533 e. The first-order valence-electron chi connectivity index (χ1n) is 2.55. The number of nitrogens with zero attached hydrogens (tertiary/aromatic N) is 1. The molecular weight excluding hydrogens is 169 g/mol. The number of aliphatic imine (C=N–C) groups is 1. The van der Waals surface area contributed by atoms with Crippen molar-refractivity contribution in [1.29, 1.82) is 0 Å². The Bertz CT molecular complexity index is 186. The van der Waals surface area contributed by atoms with E-state index in [0.717, 1.165) is 0 Å². The molecule has 54 valence electrons. The van der Waals surface area contributed by atoms with Crippen LogP contribution in [0, 0.1) is 0 Å². The average Bonchev–Trinajstić information content (AvgIpc) is 1.87. The van der Waals surface area contributed by atoms with E-state index in [4.69, 9.17) is 4.89 Å². The fourth-order valence-corrected chi connectivity index (χ4v) is 1.09. The van der Waals surface area contributed by atoms with Crippen molar-refractivity contribution < 1.29 is 9.46 Å². The number of hydrogen-bond acceptors (Lipinski definition) is 3. The topological polar surface area (TPSA) is 49.7 Å². The van der Waals surface area contributed by atoms with E-state index in [1.54, 1.807) is 0 Å². The lowest BCUT2D eigenvalue weighted by Gasteiger charge is -1.87. The standard InChI is InChI=1S/C5H6NO2PS/c1-2-3-5(6-4-10)9(7)8/h2,5H,1,3H2/p+1. The molecule has 0 amide bonds. The summed E-state index contributed by atoms with van der Waals surface area (Å²) in [5, 5.41) is 2.05. The molecule has 1 N–H and O–H groups in total. The highest BCUT2D eigenvalue weighted by molar-refractivity contribution is 7.78. The summed E-state index contributed by atoms with van der Waals surface area (Å²) in [5.41, 5.74) is 0. The minimum absolute atomic E-state index is 0.356. The highest BCUT2D eigenvalue weighted by atomic mass is 32.1. The van der Waals surface area contributed by atoms with E-state index in [2.05, 4.69) is 29.0 Å². The summed E-state index contributed by atoms with van der Waals surface area (Å²) in [6.45, 7) is 3.40. The van der Waals surface area contributed by atoms with E-state index in [9.17, 15) is 4.57 Å². The minimum Gasteiger partial charge on any atom is -0.174 e. The van der Waals surface area contributed by atoms with Crippen LogP contribution in [-0.2, 0) is 4.57 Å². The van der Waals surface area contributed by atoms with Crippen molar-refractivity contribution in [2.45, 2.75) is 12.2 Å². The molecule has 0 aromatic carbocycles. The smallest absolute Gasteiger partial charge is 0.174 e. The van der Waals surface area contributed by atoms with Crippen LogP contribution in [-0.4, -0.2) is 15.8 Å². The molecule has 2 unspecified atom stereocenters. The second-order valence-corrected chi connectivity index (χ2v) is 2.91. The normalized spacial score (nSPS) is 13.1. The largest absolute Gasteiger partial charge is 0.533 e. The summed E-state index contributed by atoms with van der Waals surface area (Å²) in [4.78, 5) is 12.0. The van der Waals surface area contributed by atoms with E-state index in [1.165, 1.54) is 6.08 Å². The molecule has 0 saturated carbocycles. The van der Waals surface area contributed by atoms with Crippen molar-refractivity contribution in [3.8, 4) is 0 Å². The van der Waals surface area contributed by atoms with Crippen LogP contribution in [0.3, 0.4) is 0 Å². The van der Waals surface area contributed by atoms with E-state index < -0.39 is 13.8 Å². The molecule has 5 heteroatoms. The van der Waals surface area contributed by atoms with Gasteiger partial charge in [-0.15, -0.1) is 6.58 Å². The first-order chi connectivity index (χ1) is 4.72. The summed E-state index contributed by atoms with van der Waals surface area (Å²) in [7, 11) is -2.29. The van der Waals surface area contributed by atoms with E-state index in [-0.39, 0.29) is 0 Å². The van der Waals surface area contributed by atoms with Crippen LogP contribution in [0.5, 0.6) is 0 Å². The maximum absolute atomic E-state index is 10.4. The summed E-state index contributed by atoms with van der Waals surface area (Å²) in [6, 6.07) is 0. The van der Waals surface area contributed by atoms with Crippen molar-refractivity contribution in [3.63, 3.8) is 0 Å². The van der Waals surface area contributed by atoms with Crippen LogP contribution >= 0.6 is 20.2 Å². The van der Waals surface area contributed by atoms with Gasteiger partial charge in [-0.2, -0.15) is 9.89 Å². The third kappa shape index (κ3) is 3.59. The maximum atomic E-state index is 10.4. The van der Waals surface area contributed by atoms with E-state index in [0.29, 0.717) is 6.42 Å². The lowest BCUT2D eigenvalue weighted by atomic mass is 10.4. The lowest BCUT2D eigenvalue weighted by Crippen LogP contribution is -1.94. The van der Waals surface area contributed by atoms with Gasteiger partial charge in [-0.05, 0) is 16.8 Å². The van der Waals surface area contributed by atoms with Crippen LogP contribution in [0.2, 0.25) is 0 Å². The van der Waals surface area contributed by atoms with Crippen LogP contribution < -0.4 is 0 Å². The Hall–Kier alpha value is -0.400. The van der Waals surface area contributed by atoms with Crippen LogP contribution in [0.15, 0.2) is 17.6 Å². The van der Waals surface area contributed by atoms with Gasteiger partial charge in [0.25, 0.3) is 5.78 Å². The molecule has 0 fully saturated rings. The molecule has 0 rings (SSSR count). The summed E-state index contributed by atoms with van der Waals surface area (Å²) in [5.74, 6) is -0.662. The first-order valence-corrected chi connectivity index (χ1v) is 4.24. The molecule has 0 aliphatic rings. The second kappa shape index (κ2) is 5.39. The van der Waals surface area contributed by atoms with Gasteiger partial charge in [0, 0.05) is 6.42 Å². The van der Waals surface area contributed by atoms with Crippen molar-refractivity contribution in [3.05, 3.63) is 12.7 Å². The molecule has 3 nitrogen and oxygen atoms in total. The molecule has 0 saturated heterocycles. The molecule has 0 bridgehead atoms. The average molecular weight is 176 g/mol. The molecule has 0 radical (unpaired) electrons. The highest BCUT2D eigenvalue weighted by Gasteiger charge is 2.25. The van der Waals surface area contributed by atoms with Crippen molar-refractivity contribution in [2.24, 2.45) is 4.99 Å². The Labute approximate surface area is 65.3 Å². The first kappa shape index (κ1) is 9.60. The monoisotopic (exact) mass is 176 g/mol. The van der Waals surface area contributed by atoms with Crippen molar-refractivity contribution >= 4 is 25.4 Å². The lowest BCUT2D eigenvalue weighted by molar-refractivity contribution is 0.490. The van der Waals surface area contributed by atoms with Crippen molar-refractivity contribution in [1.82, 2.24) is 0 Å². The van der Waals surface area contributed by atoms with Gasteiger partial charge in [0.1, 0.15) is 0 Å². The molecule has 2 atom stereocenters. The van der Waals surface area contributed by atoms with Gasteiger partial charge in [0.15, 0.2) is 0 Å². The molecule has 0 aliphatic carbocycles. The quantitative estimate of drug-likeness (QED) is 0.307. The van der Waals surface area contributed by atoms with Gasteiger partial charge < -0.3 is 0 Å². The number of rotatable bonds is 4. The van der Waals surface area contributed by atoms with Gasteiger partial charge in [0.2, 0.25) is 0 Å². The van der Waals surface area contributed by atoms with Gasteiger partial charge >= 0.3 is 8.03 Å². The summed E-state index contributed by atoms with van der Waals surface area (Å²) < 4.78 is 10.4. The Kier molecular flexibility index (Phi) is 5.17. The number of hydrogen-bond donors (Lipinski definition) is 1. The van der Waals surface area contributed by atoms with E-state index >= 15 is 0 Å². The van der Waals surface area contributed by atoms with Crippen LogP contribution in [0.4, 0.5) is 0 Å². The third-order valence-electron chi connectivity index (χ3n) is 0.834. The number of thiocarbonyl (C=S) groups is 1. The molecular formula is C5H7NO2PS+. The van der Waals surface area contributed by atoms with E-state index in [1.807, 2.05) is 0 Å². The van der Waals surface area contributed by atoms with Crippen molar-refractivity contribution in [2.75, 3.05) is 0 Å². The molecule has 0 aliphatic heterocycles. The molecule has 0 aromatic heterocycles. The molecule has 0 heterocycles. The fourth-order valence-electron chi connectivity index (χ4n) is 0.402. The zero-order chi connectivity index (χ0) is 7.98. The fraction of sp³-hybridized carbons (Fsp3) is 0.400. The van der Waals surface area contributed by atoms with Crippen LogP contribution in [0.1, 0.15) is 6.42 Å². The SMILES string of the molecule is C=CCC(N=C=S)[P+](=O)O. The molecule has 0 spiro atoms. The summed E-state index contributed by atoms with van der Waals surface area (Å²) in [6.07, 6.45) is 1.87. The zero-order valence-corrected chi connectivity index (χ0v) is 6.94. The van der Waals surface area contributed by atoms with Crippen LogP contribution in [0.25, 0.3) is 0 Å². The second-order valence-electron chi connectivity index (χ2n) is 1.53. The third-order valence-corrected chi connectivity index (χ3v) is 1.78. The zero-order valence-electron chi connectivity index (χ0n) is 5.23. The van der Waals surface area contributed by atoms with Gasteiger partial charge in [-0.3, -0.25) is 0 Å². The van der Waals surface area contributed by atoms with Gasteiger partial charge in [-0.1, -0.05) is 6.08 Å². The molecule has 10 heavy (non-hydrogen) atoms. The Balaban J connectivity index is 4.10. The predicted octanol–water partition coefficient (Wildman–Crippen LogP) is 1.73. The highest BCUT2D eigenvalue weighted by Crippen LogP contribution is 2.25.